The van der Waals surface area contributed by atoms with Gasteiger partial charge in [-0.15, -0.1) is 10.2 Å². The fourth-order valence-electron chi connectivity index (χ4n) is 4.43. The molecule has 33 heavy (non-hydrogen) atoms. The van der Waals surface area contributed by atoms with Gasteiger partial charge < -0.3 is 20.2 Å². The summed E-state index contributed by atoms with van der Waals surface area (Å²) in [6, 6.07) is 7.06. The van der Waals surface area contributed by atoms with Crippen molar-refractivity contribution in [3.8, 4) is 11.5 Å². The van der Waals surface area contributed by atoms with Gasteiger partial charge >= 0.3 is 0 Å². The van der Waals surface area contributed by atoms with Crippen molar-refractivity contribution in [3.05, 3.63) is 30.1 Å². The Morgan fingerprint density at radius 1 is 1.21 bits per heavy atom. The van der Waals surface area contributed by atoms with Gasteiger partial charge in [0.25, 0.3) is 0 Å². The van der Waals surface area contributed by atoms with E-state index in [4.69, 9.17) is 15.3 Å². The van der Waals surface area contributed by atoms with Gasteiger partial charge in [0.1, 0.15) is 18.1 Å². The fraction of sp³-hybridized carbons (Fsp3) is 0.571. The molecule has 1 aliphatic carbocycles. The maximum absolute atomic E-state index is 13.2. The van der Waals surface area contributed by atoms with Crippen LogP contribution in [-0.4, -0.2) is 70.6 Å². The third-order valence-corrected chi connectivity index (χ3v) is 8.76. The van der Waals surface area contributed by atoms with Crippen LogP contribution in [0.25, 0.3) is 0 Å². The second-order valence-electron chi connectivity index (χ2n) is 8.32. The first-order valence-corrected chi connectivity index (χ1v) is 13.8. The molecule has 1 atom stereocenters. The summed E-state index contributed by atoms with van der Waals surface area (Å²) in [6.45, 7) is 0.110. The molecule has 1 amide bonds. The van der Waals surface area contributed by atoms with Crippen LogP contribution < -0.4 is 15.3 Å². The van der Waals surface area contributed by atoms with Gasteiger partial charge in [-0.2, -0.15) is 0 Å². The highest BCUT2D eigenvalue weighted by atomic mass is 32.2. The molecule has 1 aromatic carbocycles. The molecule has 12 heteroatoms. The van der Waals surface area contributed by atoms with Crippen molar-refractivity contribution < 1.29 is 22.7 Å². The van der Waals surface area contributed by atoms with E-state index in [2.05, 4.69) is 10.2 Å². The Morgan fingerprint density at radius 3 is 2.67 bits per heavy atom. The third kappa shape index (κ3) is 5.72. The van der Waals surface area contributed by atoms with E-state index < -0.39 is 9.84 Å². The van der Waals surface area contributed by atoms with E-state index in [-0.39, 0.29) is 41.9 Å². The minimum Gasteiger partial charge on any atom is -0.497 e. The summed E-state index contributed by atoms with van der Waals surface area (Å²) < 4.78 is 36.2. The van der Waals surface area contributed by atoms with Crippen molar-refractivity contribution in [2.24, 2.45) is 0 Å². The Hall–Kier alpha value is -2.47. The van der Waals surface area contributed by atoms with Crippen LogP contribution >= 0.6 is 11.8 Å². The number of hydrogen-bond acceptors (Lipinski definition) is 9. The van der Waals surface area contributed by atoms with Gasteiger partial charge in [0.2, 0.25) is 11.1 Å². The fourth-order valence-corrected chi connectivity index (χ4v) is 6.88. The van der Waals surface area contributed by atoms with Gasteiger partial charge in [0, 0.05) is 18.2 Å². The monoisotopic (exact) mass is 495 g/mol. The topological polar surface area (TPSA) is 130 Å². The Morgan fingerprint density at radius 2 is 1.97 bits per heavy atom. The second kappa shape index (κ2) is 10.2. The summed E-state index contributed by atoms with van der Waals surface area (Å²) in [5, 5.41) is 8.57. The van der Waals surface area contributed by atoms with E-state index >= 15 is 0 Å². The number of nitrogens with zero attached hydrogens (tertiary/aromatic N) is 4. The number of benzene rings is 1. The Kier molecular flexibility index (Phi) is 7.32. The Labute approximate surface area is 197 Å². The van der Waals surface area contributed by atoms with Crippen molar-refractivity contribution in [1.82, 2.24) is 19.8 Å². The first-order chi connectivity index (χ1) is 15.9. The molecule has 0 spiro atoms. The average Bonchev–Trinajstić information content (AvgIpc) is 3.53. The number of carbonyl (C=O) groups excluding carboxylic acids is 1. The van der Waals surface area contributed by atoms with Crippen LogP contribution in [-0.2, 0) is 21.2 Å². The number of carbonyl (C=O) groups is 1. The molecule has 0 bridgehead atoms. The summed E-state index contributed by atoms with van der Waals surface area (Å²) in [4.78, 5) is 15.0. The zero-order valence-corrected chi connectivity index (χ0v) is 20.2. The molecule has 10 nitrogen and oxygen atoms in total. The number of rotatable bonds is 9. The number of ether oxygens (including phenoxy) is 2. The van der Waals surface area contributed by atoms with Gasteiger partial charge in [0.15, 0.2) is 15.7 Å². The van der Waals surface area contributed by atoms with Gasteiger partial charge in [-0.1, -0.05) is 30.7 Å². The molecule has 1 aromatic heterocycles. The number of methoxy groups -OCH3 is 1. The number of nitrogen functional groups attached to an aromatic ring is 1. The van der Waals surface area contributed by atoms with Crippen LogP contribution in [0, 0.1) is 0 Å². The molecule has 1 unspecified atom stereocenters. The number of sulfone groups is 1. The Balaban J connectivity index is 1.37. The minimum absolute atomic E-state index is 0.0543. The van der Waals surface area contributed by atoms with Crippen LogP contribution in [0.4, 0.5) is 0 Å². The predicted molar refractivity (Wildman–Crippen MR) is 124 cm³/mol. The lowest BCUT2D eigenvalue weighted by atomic mass is 10.1. The number of hydrogen-bond donors (Lipinski definition) is 1. The molecule has 4 rings (SSSR count). The zero-order valence-electron chi connectivity index (χ0n) is 18.6. The van der Waals surface area contributed by atoms with E-state index in [1.807, 2.05) is 17.0 Å². The molecule has 2 aliphatic rings. The standard InChI is InChI=1S/C21H29N5O5S2/c1-30-17-7-4-8-18(11-17)31-12-19-23-24-21(26(19)22)32-13-20(27)25(15-5-2-3-6-15)16-9-10-33(28,29)14-16/h4,7-8,11,15-16H,2-3,5-6,9-10,12-14,22H2,1H3. The van der Waals surface area contributed by atoms with Crippen LogP contribution in [0.1, 0.15) is 37.9 Å². The van der Waals surface area contributed by atoms with Gasteiger partial charge in [-0.05, 0) is 31.4 Å². The van der Waals surface area contributed by atoms with E-state index in [0.29, 0.717) is 28.9 Å². The molecular weight excluding hydrogens is 466 g/mol. The van der Waals surface area contributed by atoms with Crippen LogP contribution in [0.15, 0.2) is 29.4 Å². The molecule has 180 valence electrons. The van der Waals surface area contributed by atoms with Gasteiger partial charge in [0.05, 0.1) is 24.4 Å². The molecule has 0 radical (unpaired) electrons. The highest BCUT2D eigenvalue weighted by molar-refractivity contribution is 7.99. The Bertz CT molecular complexity index is 1080. The maximum Gasteiger partial charge on any atom is 0.233 e. The summed E-state index contributed by atoms with van der Waals surface area (Å²) in [5.41, 5.74) is 0. The summed E-state index contributed by atoms with van der Waals surface area (Å²) >= 11 is 1.20. The molecular formula is C21H29N5O5S2. The van der Waals surface area contributed by atoms with Gasteiger partial charge in [-0.3, -0.25) is 4.79 Å². The maximum atomic E-state index is 13.2. The van der Waals surface area contributed by atoms with Crippen LogP contribution in [0.3, 0.4) is 0 Å². The predicted octanol–water partition coefficient (Wildman–Crippen LogP) is 1.63. The molecule has 2 fully saturated rings. The lowest BCUT2D eigenvalue weighted by molar-refractivity contribution is -0.132. The molecule has 2 N–H and O–H groups in total. The van der Waals surface area contributed by atoms with Crippen LogP contribution in [0.2, 0.25) is 0 Å². The van der Waals surface area contributed by atoms with E-state index in [1.54, 1.807) is 19.2 Å². The van der Waals surface area contributed by atoms with E-state index in [0.717, 1.165) is 25.7 Å². The molecule has 1 saturated carbocycles. The van der Waals surface area contributed by atoms with E-state index in [9.17, 15) is 13.2 Å². The minimum atomic E-state index is -3.08. The summed E-state index contributed by atoms with van der Waals surface area (Å²) in [5.74, 6) is 8.09. The SMILES string of the molecule is COc1cccc(OCc2nnc(SCC(=O)N(C3CCCC3)C3CCS(=O)(=O)C3)n2N)c1. The number of amides is 1. The smallest absolute Gasteiger partial charge is 0.233 e. The van der Waals surface area contributed by atoms with Crippen molar-refractivity contribution in [1.29, 1.82) is 0 Å². The highest BCUT2D eigenvalue weighted by Crippen LogP contribution is 2.30. The second-order valence-corrected chi connectivity index (χ2v) is 11.5. The summed E-state index contributed by atoms with van der Waals surface area (Å²) in [7, 11) is -1.49. The molecule has 2 heterocycles. The average molecular weight is 496 g/mol. The van der Waals surface area contributed by atoms with Crippen molar-refractivity contribution >= 4 is 27.5 Å². The molecule has 1 saturated heterocycles. The van der Waals surface area contributed by atoms with E-state index in [1.165, 1.54) is 16.4 Å². The number of nitrogens with two attached hydrogens (primary N) is 1. The number of thioether (sulfide) groups is 1. The van der Waals surface area contributed by atoms with Crippen molar-refractivity contribution in [2.45, 2.75) is 56.0 Å². The zero-order chi connectivity index (χ0) is 23.4. The highest BCUT2D eigenvalue weighted by Gasteiger charge is 2.39. The van der Waals surface area contributed by atoms with Crippen LogP contribution in [0.5, 0.6) is 11.5 Å². The lowest BCUT2D eigenvalue weighted by Gasteiger charge is -2.34. The van der Waals surface area contributed by atoms with Gasteiger partial charge in [-0.25, -0.2) is 13.1 Å². The largest absolute Gasteiger partial charge is 0.497 e. The quantitative estimate of drug-likeness (QED) is 0.407. The normalized spacial score (nSPS) is 20.1. The third-order valence-electron chi connectivity index (χ3n) is 6.08. The van der Waals surface area contributed by atoms with Crippen molar-refractivity contribution in [2.75, 3.05) is 30.2 Å². The lowest BCUT2D eigenvalue weighted by Crippen LogP contribution is -2.47. The first kappa shape index (κ1) is 23.7. The number of aromatic nitrogens is 3. The van der Waals surface area contributed by atoms with Crippen molar-refractivity contribution in [3.63, 3.8) is 0 Å². The molecule has 2 aromatic rings. The summed E-state index contributed by atoms with van der Waals surface area (Å²) in [6.07, 6.45) is 4.48. The molecule has 1 aliphatic heterocycles. The first-order valence-electron chi connectivity index (χ1n) is 11.0.